The summed E-state index contributed by atoms with van der Waals surface area (Å²) in [6.45, 7) is 1.74. The van der Waals surface area contributed by atoms with Crippen LogP contribution in [0.1, 0.15) is 24.4 Å². The van der Waals surface area contributed by atoms with E-state index < -0.39 is 11.7 Å². The van der Waals surface area contributed by atoms with Crippen molar-refractivity contribution in [1.29, 1.82) is 0 Å². The fourth-order valence-corrected chi connectivity index (χ4v) is 2.05. The molecule has 19 heavy (non-hydrogen) atoms. The van der Waals surface area contributed by atoms with Gasteiger partial charge in [0.15, 0.2) is 0 Å². The van der Waals surface area contributed by atoms with Crippen LogP contribution < -0.4 is 5.32 Å². The standard InChI is InChI=1S/C12H11BrF3N3/c1-7(11-17-4-5-18-11)19-10-3-2-8(13)6-9(10)12(14,15)16/h2-7,19H,1H3,(H,17,18). The van der Waals surface area contributed by atoms with Gasteiger partial charge in [0, 0.05) is 22.6 Å². The first-order valence-electron chi connectivity index (χ1n) is 5.50. The molecule has 7 heteroatoms. The number of imidazole rings is 1. The highest BCUT2D eigenvalue weighted by Gasteiger charge is 2.34. The molecule has 102 valence electrons. The van der Waals surface area contributed by atoms with Crippen LogP contribution in [-0.2, 0) is 6.18 Å². The first kappa shape index (κ1) is 13.9. The zero-order valence-electron chi connectivity index (χ0n) is 9.92. The molecule has 1 unspecified atom stereocenters. The van der Waals surface area contributed by atoms with Gasteiger partial charge in [-0.25, -0.2) is 4.98 Å². The summed E-state index contributed by atoms with van der Waals surface area (Å²) in [5.41, 5.74) is -0.681. The number of aromatic amines is 1. The third kappa shape index (κ3) is 3.28. The topological polar surface area (TPSA) is 40.7 Å². The highest BCUT2D eigenvalue weighted by Crippen LogP contribution is 2.37. The average Bonchev–Trinajstić information content (AvgIpc) is 2.83. The number of hydrogen-bond acceptors (Lipinski definition) is 2. The number of hydrogen-bond donors (Lipinski definition) is 2. The van der Waals surface area contributed by atoms with Gasteiger partial charge in [0.25, 0.3) is 0 Å². The molecular formula is C12H11BrF3N3. The molecule has 0 radical (unpaired) electrons. The first-order chi connectivity index (χ1) is 8.88. The van der Waals surface area contributed by atoms with E-state index in [-0.39, 0.29) is 11.7 Å². The number of rotatable bonds is 3. The summed E-state index contributed by atoms with van der Waals surface area (Å²) in [6, 6.07) is 3.66. The summed E-state index contributed by atoms with van der Waals surface area (Å²) < 4.78 is 39.2. The van der Waals surface area contributed by atoms with Gasteiger partial charge in [0.05, 0.1) is 11.6 Å². The van der Waals surface area contributed by atoms with E-state index in [1.54, 1.807) is 25.4 Å². The Morgan fingerprint density at radius 1 is 1.37 bits per heavy atom. The van der Waals surface area contributed by atoms with Crippen LogP contribution in [0.5, 0.6) is 0 Å². The zero-order chi connectivity index (χ0) is 14.0. The molecular weight excluding hydrogens is 323 g/mol. The van der Waals surface area contributed by atoms with E-state index in [9.17, 15) is 13.2 Å². The lowest BCUT2D eigenvalue weighted by molar-refractivity contribution is -0.137. The molecule has 0 aliphatic rings. The lowest BCUT2D eigenvalue weighted by Crippen LogP contribution is -2.14. The molecule has 2 aromatic rings. The van der Waals surface area contributed by atoms with E-state index in [1.807, 2.05) is 0 Å². The van der Waals surface area contributed by atoms with Crippen LogP contribution >= 0.6 is 15.9 Å². The molecule has 0 fully saturated rings. The van der Waals surface area contributed by atoms with Crippen molar-refractivity contribution in [2.24, 2.45) is 0 Å². The second-order valence-corrected chi connectivity index (χ2v) is 4.94. The molecule has 2 rings (SSSR count). The molecule has 3 nitrogen and oxygen atoms in total. The van der Waals surface area contributed by atoms with Crippen molar-refractivity contribution in [2.45, 2.75) is 19.1 Å². The van der Waals surface area contributed by atoms with E-state index in [1.165, 1.54) is 6.07 Å². The average molecular weight is 334 g/mol. The van der Waals surface area contributed by atoms with E-state index in [0.717, 1.165) is 6.07 Å². The Bertz CT molecular complexity index is 552. The van der Waals surface area contributed by atoms with Crippen LogP contribution in [-0.4, -0.2) is 9.97 Å². The van der Waals surface area contributed by atoms with E-state index in [0.29, 0.717) is 10.3 Å². The highest BCUT2D eigenvalue weighted by atomic mass is 79.9. The Morgan fingerprint density at radius 2 is 2.11 bits per heavy atom. The fourth-order valence-electron chi connectivity index (χ4n) is 1.69. The van der Waals surface area contributed by atoms with Gasteiger partial charge in [-0.15, -0.1) is 0 Å². The predicted molar refractivity (Wildman–Crippen MR) is 69.8 cm³/mol. The Morgan fingerprint density at radius 3 is 2.68 bits per heavy atom. The Labute approximate surface area is 116 Å². The summed E-state index contributed by atoms with van der Waals surface area (Å²) in [7, 11) is 0. The Kier molecular flexibility index (Phi) is 3.84. The quantitative estimate of drug-likeness (QED) is 0.875. The number of anilines is 1. The summed E-state index contributed by atoms with van der Waals surface area (Å²) in [6.07, 6.45) is -1.23. The van der Waals surface area contributed by atoms with Gasteiger partial charge in [-0.1, -0.05) is 15.9 Å². The number of alkyl halides is 3. The minimum Gasteiger partial charge on any atom is -0.375 e. The second kappa shape index (κ2) is 5.24. The molecule has 0 aliphatic carbocycles. The normalized spacial score (nSPS) is 13.3. The SMILES string of the molecule is CC(Nc1ccc(Br)cc1C(F)(F)F)c1ncc[nH]1. The third-order valence-electron chi connectivity index (χ3n) is 2.59. The van der Waals surface area contributed by atoms with Crippen molar-refractivity contribution >= 4 is 21.6 Å². The van der Waals surface area contributed by atoms with Crippen LogP contribution in [0.3, 0.4) is 0 Å². The van der Waals surface area contributed by atoms with Gasteiger partial charge in [-0.3, -0.25) is 0 Å². The first-order valence-corrected chi connectivity index (χ1v) is 6.30. The lowest BCUT2D eigenvalue weighted by atomic mass is 10.1. The molecule has 1 atom stereocenters. The third-order valence-corrected chi connectivity index (χ3v) is 3.08. The number of benzene rings is 1. The van der Waals surface area contributed by atoms with Gasteiger partial charge in [0.1, 0.15) is 5.82 Å². The zero-order valence-corrected chi connectivity index (χ0v) is 11.5. The van der Waals surface area contributed by atoms with Gasteiger partial charge in [-0.05, 0) is 25.1 Å². The number of H-pyrrole nitrogens is 1. The Hall–Kier alpha value is -1.50. The monoisotopic (exact) mass is 333 g/mol. The van der Waals surface area contributed by atoms with Crippen molar-refractivity contribution in [3.8, 4) is 0 Å². The molecule has 0 spiro atoms. The summed E-state index contributed by atoms with van der Waals surface area (Å²) in [5.74, 6) is 0.580. The molecule has 0 aliphatic heterocycles. The van der Waals surface area contributed by atoms with Crippen molar-refractivity contribution in [3.05, 3.63) is 46.5 Å². The van der Waals surface area contributed by atoms with Crippen LogP contribution in [0.25, 0.3) is 0 Å². The predicted octanol–water partition coefficient (Wildman–Crippen LogP) is 4.36. The molecule has 1 heterocycles. The maximum atomic E-state index is 12.9. The molecule has 0 amide bonds. The van der Waals surface area contributed by atoms with Crippen molar-refractivity contribution in [1.82, 2.24) is 9.97 Å². The molecule has 2 N–H and O–H groups in total. The summed E-state index contributed by atoms with van der Waals surface area (Å²) in [5, 5.41) is 2.81. The maximum absolute atomic E-state index is 12.9. The van der Waals surface area contributed by atoms with E-state index in [2.05, 4.69) is 31.2 Å². The minimum absolute atomic E-state index is 0.0274. The second-order valence-electron chi connectivity index (χ2n) is 4.03. The van der Waals surface area contributed by atoms with Crippen LogP contribution in [0, 0.1) is 0 Å². The number of aromatic nitrogens is 2. The maximum Gasteiger partial charge on any atom is 0.418 e. The van der Waals surface area contributed by atoms with Gasteiger partial charge >= 0.3 is 6.18 Å². The van der Waals surface area contributed by atoms with Gasteiger partial charge < -0.3 is 10.3 Å². The van der Waals surface area contributed by atoms with Gasteiger partial charge in [0.2, 0.25) is 0 Å². The molecule has 1 aromatic carbocycles. The van der Waals surface area contributed by atoms with Crippen molar-refractivity contribution in [3.63, 3.8) is 0 Å². The van der Waals surface area contributed by atoms with E-state index >= 15 is 0 Å². The number of halogens is 4. The van der Waals surface area contributed by atoms with Crippen molar-refractivity contribution in [2.75, 3.05) is 5.32 Å². The molecule has 0 bridgehead atoms. The van der Waals surface area contributed by atoms with Crippen LogP contribution in [0.2, 0.25) is 0 Å². The Balaban J connectivity index is 2.30. The van der Waals surface area contributed by atoms with Gasteiger partial charge in [-0.2, -0.15) is 13.2 Å². The van der Waals surface area contributed by atoms with Crippen LogP contribution in [0.15, 0.2) is 35.1 Å². The molecule has 0 saturated carbocycles. The summed E-state index contributed by atoms with van der Waals surface area (Å²) in [4.78, 5) is 6.88. The minimum atomic E-state index is -4.41. The summed E-state index contributed by atoms with van der Waals surface area (Å²) >= 11 is 3.05. The van der Waals surface area contributed by atoms with Crippen LogP contribution in [0.4, 0.5) is 18.9 Å². The molecule has 0 saturated heterocycles. The number of nitrogens with zero attached hydrogens (tertiary/aromatic N) is 1. The number of nitrogens with one attached hydrogen (secondary N) is 2. The van der Waals surface area contributed by atoms with Crippen molar-refractivity contribution < 1.29 is 13.2 Å². The largest absolute Gasteiger partial charge is 0.418 e. The smallest absolute Gasteiger partial charge is 0.375 e. The lowest BCUT2D eigenvalue weighted by Gasteiger charge is -2.18. The highest BCUT2D eigenvalue weighted by molar-refractivity contribution is 9.10. The van der Waals surface area contributed by atoms with E-state index in [4.69, 9.17) is 0 Å². The molecule has 1 aromatic heterocycles. The fraction of sp³-hybridized carbons (Fsp3) is 0.250.